The molecule has 0 saturated carbocycles. The number of carbonyl (C=O) groups excluding carboxylic acids is 1. The van der Waals surface area contributed by atoms with E-state index in [0.717, 1.165) is 6.07 Å². The summed E-state index contributed by atoms with van der Waals surface area (Å²) in [7, 11) is 0. The molecule has 0 bridgehead atoms. The molecular formula is C14H8FNO2. The summed E-state index contributed by atoms with van der Waals surface area (Å²) >= 11 is 0. The summed E-state index contributed by atoms with van der Waals surface area (Å²) in [5.74, 6) is -0.334. The van der Waals surface area contributed by atoms with E-state index in [0.29, 0.717) is 16.7 Å². The van der Waals surface area contributed by atoms with Crippen molar-refractivity contribution in [2.45, 2.75) is 0 Å². The molecule has 0 atom stereocenters. The molecule has 0 radical (unpaired) electrons. The quantitative estimate of drug-likeness (QED) is 0.776. The van der Waals surface area contributed by atoms with Crippen molar-refractivity contribution in [3.63, 3.8) is 0 Å². The zero-order valence-corrected chi connectivity index (χ0v) is 9.26. The van der Waals surface area contributed by atoms with Gasteiger partial charge in [0.05, 0.1) is 11.6 Å². The number of halogens is 1. The topological polar surface area (TPSA) is 50.1 Å². The molecule has 0 unspecified atom stereocenters. The number of carbonyl (C=O) groups is 1. The van der Waals surface area contributed by atoms with Gasteiger partial charge in [-0.3, -0.25) is 4.79 Å². The highest BCUT2D eigenvalue weighted by Gasteiger charge is 2.06. The van der Waals surface area contributed by atoms with Gasteiger partial charge in [0.1, 0.15) is 11.6 Å². The Morgan fingerprint density at radius 1 is 1.17 bits per heavy atom. The third-order valence-corrected chi connectivity index (χ3v) is 2.45. The van der Waals surface area contributed by atoms with E-state index in [4.69, 9.17) is 5.26 Å². The van der Waals surface area contributed by atoms with E-state index >= 15 is 0 Å². The minimum atomic E-state index is -0.487. The Labute approximate surface area is 103 Å². The third-order valence-electron chi connectivity index (χ3n) is 2.45. The minimum absolute atomic E-state index is 0.153. The molecule has 0 aliphatic heterocycles. The number of hydrogen-bond donors (Lipinski definition) is 0. The van der Waals surface area contributed by atoms with Crippen LogP contribution in [-0.2, 0) is 4.79 Å². The first-order chi connectivity index (χ1) is 8.74. The van der Waals surface area contributed by atoms with Crippen molar-refractivity contribution in [1.82, 2.24) is 0 Å². The average Bonchev–Trinajstić information content (AvgIpc) is 2.40. The Morgan fingerprint density at radius 2 is 1.89 bits per heavy atom. The zero-order valence-electron chi connectivity index (χ0n) is 9.26. The molecule has 4 heteroatoms. The maximum atomic E-state index is 13.8. The summed E-state index contributed by atoms with van der Waals surface area (Å²) in [5, 5.41) is 8.68. The number of hydrogen-bond acceptors (Lipinski definition) is 3. The predicted molar refractivity (Wildman–Crippen MR) is 63.2 cm³/mol. The van der Waals surface area contributed by atoms with E-state index in [1.807, 2.05) is 6.07 Å². The molecule has 0 fully saturated rings. The molecule has 2 aromatic rings. The fourth-order valence-electron chi connectivity index (χ4n) is 1.58. The summed E-state index contributed by atoms with van der Waals surface area (Å²) < 4.78 is 18.3. The van der Waals surface area contributed by atoms with Crippen LogP contribution >= 0.6 is 0 Å². The number of ether oxygens (including phenoxy) is 1. The van der Waals surface area contributed by atoms with E-state index in [1.165, 1.54) is 12.1 Å². The van der Waals surface area contributed by atoms with Crippen molar-refractivity contribution in [3.8, 4) is 22.9 Å². The SMILES string of the molecule is N#Cc1ccc(-c2ccc(OC=O)cc2F)cc1. The van der Waals surface area contributed by atoms with Gasteiger partial charge in [-0.1, -0.05) is 12.1 Å². The molecule has 3 nitrogen and oxygen atoms in total. The fourth-order valence-corrected chi connectivity index (χ4v) is 1.58. The van der Waals surface area contributed by atoms with Crippen LogP contribution < -0.4 is 4.74 Å². The predicted octanol–water partition coefficient (Wildman–Crippen LogP) is 2.90. The number of benzene rings is 2. The highest BCUT2D eigenvalue weighted by atomic mass is 19.1. The average molecular weight is 241 g/mol. The van der Waals surface area contributed by atoms with E-state index in [-0.39, 0.29) is 12.2 Å². The molecule has 88 valence electrons. The summed E-state index contributed by atoms with van der Waals surface area (Å²) in [4.78, 5) is 10.1. The van der Waals surface area contributed by atoms with Crippen molar-refractivity contribution in [1.29, 1.82) is 5.26 Å². The lowest BCUT2D eigenvalue weighted by atomic mass is 10.0. The van der Waals surface area contributed by atoms with Crippen LogP contribution in [0.1, 0.15) is 5.56 Å². The Kier molecular flexibility index (Phi) is 3.35. The summed E-state index contributed by atoms with van der Waals surface area (Å²) in [6.45, 7) is 0.246. The molecule has 0 amide bonds. The molecule has 2 rings (SSSR count). The molecule has 18 heavy (non-hydrogen) atoms. The van der Waals surface area contributed by atoms with E-state index in [2.05, 4.69) is 4.74 Å². The Hall–Kier alpha value is -2.67. The van der Waals surface area contributed by atoms with Gasteiger partial charge in [-0.15, -0.1) is 0 Å². The first-order valence-corrected chi connectivity index (χ1v) is 5.15. The van der Waals surface area contributed by atoms with Gasteiger partial charge in [-0.2, -0.15) is 5.26 Å². The second-order valence-corrected chi connectivity index (χ2v) is 3.54. The largest absolute Gasteiger partial charge is 0.429 e. The second kappa shape index (κ2) is 5.11. The maximum Gasteiger partial charge on any atom is 0.298 e. The highest BCUT2D eigenvalue weighted by molar-refractivity contribution is 5.66. The van der Waals surface area contributed by atoms with Crippen molar-refractivity contribution in [2.24, 2.45) is 0 Å². The van der Waals surface area contributed by atoms with Gasteiger partial charge in [-0.05, 0) is 29.8 Å². The molecule has 0 heterocycles. The third kappa shape index (κ3) is 2.36. The van der Waals surface area contributed by atoms with Crippen molar-refractivity contribution in [2.75, 3.05) is 0 Å². The van der Waals surface area contributed by atoms with Crippen LogP contribution in [0.5, 0.6) is 5.75 Å². The van der Waals surface area contributed by atoms with Gasteiger partial charge in [-0.25, -0.2) is 4.39 Å². The molecule has 2 aromatic carbocycles. The monoisotopic (exact) mass is 241 g/mol. The highest BCUT2D eigenvalue weighted by Crippen LogP contribution is 2.26. The van der Waals surface area contributed by atoms with Crippen LogP contribution in [0.2, 0.25) is 0 Å². The van der Waals surface area contributed by atoms with Gasteiger partial charge >= 0.3 is 0 Å². The maximum absolute atomic E-state index is 13.8. The Balaban J connectivity index is 2.38. The van der Waals surface area contributed by atoms with Crippen molar-refractivity contribution < 1.29 is 13.9 Å². The number of nitriles is 1. The smallest absolute Gasteiger partial charge is 0.298 e. The van der Waals surface area contributed by atoms with Gasteiger partial charge in [0.15, 0.2) is 0 Å². The van der Waals surface area contributed by atoms with Crippen LogP contribution in [-0.4, -0.2) is 6.47 Å². The lowest BCUT2D eigenvalue weighted by Gasteiger charge is -2.05. The van der Waals surface area contributed by atoms with E-state index in [1.54, 1.807) is 24.3 Å². The van der Waals surface area contributed by atoms with E-state index in [9.17, 15) is 9.18 Å². The molecule has 0 aliphatic carbocycles. The van der Waals surface area contributed by atoms with Crippen LogP contribution in [0.4, 0.5) is 4.39 Å². The molecule has 0 N–H and O–H groups in total. The lowest BCUT2D eigenvalue weighted by molar-refractivity contribution is -0.120. The lowest BCUT2D eigenvalue weighted by Crippen LogP contribution is -1.91. The van der Waals surface area contributed by atoms with Crippen molar-refractivity contribution >= 4 is 6.47 Å². The second-order valence-electron chi connectivity index (χ2n) is 3.54. The standard InChI is InChI=1S/C14H8FNO2/c15-14-7-12(18-9-17)5-6-13(14)11-3-1-10(8-16)2-4-11/h1-7,9H. The van der Waals surface area contributed by atoms with Crippen LogP contribution in [0.15, 0.2) is 42.5 Å². The van der Waals surface area contributed by atoms with Crippen LogP contribution in [0.25, 0.3) is 11.1 Å². The number of rotatable bonds is 3. The van der Waals surface area contributed by atoms with E-state index < -0.39 is 5.82 Å². The first-order valence-electron chi connectivity index (χ1n) is 5.15. The molecule has 0 saturated heterocycles. The summed E-state index contributed by atoms with van der Waals surface area (Å²) in [5.41, 5.74) is 1.56. The van der Waals surface area contributed by atoms with Crippen LogP contribution in [0.3, 0.4) is 0 Å². The Bertz CT molecular complexity index is 615. The van der Waals surface area contributed by atoms with Gasteiger partial charge in [0, 0.05) is 11.6 Å². The normalized spacial score (nSPS) is 9.56. The zero-order chi connectivity index (χ0) is 13.0. The van der Waals surface area contributed by atoms with Gasteiger partial charge in [0.25, 0.3) is 6.47 Å². The molecular weight excluding hydrogens is 233 g/mol. The molecule has 0 spiro atoms. The first kappa shape index (κ1) is 11.8. The summed E-state index contributed by atoms with van der Waals surface area (Å²) in [6, 6.07) is 12.7. The summed E-state index contributed by atoms with van der Waals surface area (Å²) in [6.07, 6.45) is 0. The minimum Gasteiger partial charge on any atom is -0.429 e. The van der Waals surface area contributed by atoms with Gasteiger partial charge in [0.2, 0.25) is 0 Å². The van der Waals surface area contributed by atoms with Gasteiger partial charge < -0.3 is 4.74 Å². The number of nitrogens with zero attached hydrogens (tertiary/aromatic N) is 1. The fraction of sp³-hybridized carbons (Fsp3) is 0. The Morgan fingerprint density at radius 3 is 2.44 bits per heavy atom. The molecule has 0 aliphatic rings. The van der Waals surface area contributed by atoms with Crippen molar-refractivity contribution in [3.05, 3.63) is 53.8 Å². The van der Waals surface area contributed by atoms with Crippen LogP contribution in [0, 0.1) is 17.1 Å². The molecule has 0 aromatic heterocycles.